The number of halogens is 3. The van der Waals surface area contributed by atoms with Gasteiger partial charge in [0.2, 0.25) is 0 Å². The molecule has 0 saturated heterocycles. The second kappa shape index (κ2) is 7.72. The molecule has 0 amide bonds. The molecule has 0 radical (unpaired) electrons. The summed E-state index contributed by atoms with van der Waals surface area (Å²) in [6.07, 6.45) is 1.60. The molecule has 66 valence electrons. The number of hydrogen-bond donors (Lipinski definition) is 2. The van der Waals surface area contributed by atoms with Gasteiger partial charge in [0, 0.05) is 6.20 Å². The van der Waals surface area contributed by atoms with Crippen LogP contribution in [0.25, 0.3) is 0 Å². The Morgan fingerprint density at radius 2 is 1.64 bits per heavy atom. The van der Waals surface area contributed by atoms with Crippen molar-refractivity contribution in [3.8, 4) is 0 Å². The number of nitrogens with two attached hydrogens (primary N) is 2. The van der Waals surface area contributed by atoms with Gasteiger partial charge in [0.1, 0.15) is 5.82 Å². The lowest BCUT2D eigenvalue weighted by Gasteiger charge is -1.92. The van der Waals surface area contributed by atoms with E-state index in [0.717, 1.165) is 0 Å². The maximum absolute atomic E-state index is 5.33. The Morgan fingerprint density at radius 1 is 1.09 bits per heavy atom. The fraction of sp³-hybridized carbons (Fsp3) is 0. The Morgan fingerprint density at radius 3 is 1.91 bits per heavy atom. The molecule has 0 bridgehead atoms. The lowest BCUT2D eigenvalue weighted by atomic mass is 10.4. The van der Waals surface area contributed by atoms with Crippen molar-refractivity contribution in [2.75, 3.05) is 11.5 Å². The first-order chi connectivity index (χ1) is 3.80. The molecule has 3 nitrogen and oxygen atoms in total. The van der Waals surface area contributed by atoms with Gasteiger partial charge < -0.3 is 11.5 Å². The van der Waals surface area contributed by atoms with E-state index in [4.69, 9.17) is 11.5 Å². The first-order valence-corrected chi connectivity index (χ1v) is 2.26. The predicted molar refractivity (Wildman–Crippen MR) is 54.8 cm³/mol. The van der Waals surface area contributed by atoms with E-state index in [0.29, 0.717) is 11.5 Å². The normalized spacial score (nSPS) is 6.55. The van der Waals surface area contributed by atoms with E-state index in [1.165, 1.54) is 0 Å². The molecule has 0 atom stereocenters. The summed E-state index contributed by atoms with van der Waals surface area (Å²) in [6.45, 7) is 0. The summed E-state index contributed by atoms with van der Waals surface area (Å²) in [5.74, 6) is 0.396. The number of rotatable bonds is 0. The zero-order chi connectivity index (χ0) is 5.98. The highest BCUT2D eigenvalue weighted by atomic mass is 35.5. The van der Waals surface area contributed by atoms with Gasteiger partial charge in [-0.3, -0.25) is 0 Å². The molecule has 0 aliphatic heterocycles. The Balaban J connectivity index is -0.000000213. The van der Waals surface area contributed by atoms with Gasteiger partial charge in [-0.2, -0.15) is 0 Å². The molecular formula is C5H10Cl3N3. The average molecular weight is 219 g/mol. The summed E-state index contributed by atoms with van der Waals surface area (Å²) in [7, 11) is 0. The molecule has 6 heteroatoms. The standard InChI is InChI=1S/C5H7N3.3ClH/c6-4-2-1-3-8-5(4)7;;;/h1-3H,6H2,(H2,7,8);3*1H. The van der Waals surface area contributed by atoms with Crippen LogP contribution >= 0.6 is 37.2 Å². The highest BCUT2D eigenvalue weighted by Crippen LogP contribution is 2.06. The molecule has 1 aromatic rings. The first-order valence-electron chi connectivity index (χ1n) is 2.26. The summed E-state index contributed by atoms with van der Waals surface area (Å²) in [5, 5.41) is 0. The van der Waals surface area contributed by atoms with Gasteiger partial charge in [-0.15, -0.1) is 37.2 Å². The molecule has 11 heavy (non-hydrogen) atoms. The topological polar surface area (TPSA) is 64.9 Å². The number of hydrogen-bond acceptors (Lipinski definition) is 3. The lowest BCUT2D eigenvalue weighted by Crippen LogP contribution is -1.95. The quantitative estimate of drug-likeness (QED) is 0.694. The molecule has 0 saturated carbocycles. The van der Waals surface area contributed by atoms with E-state index in [2.05, 4.69) is 4.98 Å². The van der Waals surface area contributed by atoms with Gasteiger partial charge in [0.05, 0.1) is 5.69 Å². The van der Waals surface area contributed by atoms with Crippen molar-refractivity contribution in [1.82, 2.24) is 4.98 Å². The van der Waals surface area contributed by atoms with Crippen molar-refractivity contribution >= 4 is 48.7 Å². The molecule has 1 rings (SSSR count). The van der Waals surface area contributed by atoms with Crippen LogP contribution in [0.15, 0.2) is 18.3 Å². The number of pyridine rings is 1. The Labute approximate surface area is 83.8 Å². The molecule has 0 aromatic carbocycles. The van der Waals surface area contributed by atoms with E-state index in [-0.39, 0.29) is 37.2 Å². The minimum absolute atomic E-state index is 0. The van der Waals surface area contributed by atoms with Gasteiger partial charge in [0.25, 0.3) is 0 Å². The largest absolute Gasteiger partial charge is 0.396 e. The maximum atomic E-state index is 5.33. The van der Waals surface area contributed by atoms with Crippen LogP contribution in [0, 0.1) is 0 Å². The highest BCUT2D eigenvalue weighted by molar-refractivity contribution is 5.86. The van der Waals surface area contributed by atoms with Gasteiger partial charge in [-0.05, 0) is 12.1 Å². The van der Waals surface area contributed by atoms with E-state index in [9.17, 15) is 0 Å². The number of nitrogens with zero attached hydrogens (tertiary/aromatic N) is 1. The molecular weight excluding hydrogens is 208 g/mol. The monoisotopic (exact) mass is 217 g/mol. The van der Waals surface area contributed by atoms with E-state index < -0.39 is 0 Å². The average Bonchev–Trinajstić information content (AvgIpc) is 1.77. The number of anilines is 2. The third-order valence-electron chi connectivity index (χ3n) is 0.871. The van der Waals surface area contributed by atoms with Crippen molar-refractivity contribution in [1.29, 1.82) is 0 Å². The van der Waals surface area contributed by atoms with E-state index in [1.807, 2.05) is 0 Å². The van der Waals surface area contributed by atoms with Crippen LogP contribution in [0.1, 0.15) is 0 Å². The minimum atomic E-state index is 0. The minimum Gasteiger partial charge on any atom is -0.396 e. The summed E-state index contributed by atoms with van der Waals surface area (Å²) in [6, 6.07) is 3.45. The molecule has 0 fully saturated rings. The fourth-order valence-corrected chi connectivity index (χ4v) is 0.430. The summed E-state index contributed by atoms with van der Waals surface area (Å²) >= 11 is 0. The maximum Gasteiger partial charge on any atom is 0.146 e. The van der Waals surface area contributed by atoms with Crippen LogP contribution in [0.5, 0.6) is 0 Å². The zero-order valence-electron chi connectivity index (χ0n) is 5.56. The van der Waals surface area contributed by atoms with Gasteiger partial charge in [-0.25, -0.2) is 4.98 Å². The smallest absolute Gasteiger partial charge is 0.146 e. The van der Waals surface area contributed by atoms with Gasteiger partial charge >= 0.3 is 0 Å². The van der Waals surface area contributed by atoms with Crippen LogP contribution in [-0.4, -0.2) is 4.98 Å². The van der Waals surface area contributed by atoms with Crippen molar-refractivity contribution in [3.63, 3.8) is 0 Å². The van der Waals surface area contributed by atoms with Crippen molar-refractivity contribution in [3.05, 3.63) is 18.3 Å². The molecule has 0 unspecified atom stereocenters. The molecule has 0 aliphatic carbocycles. The van der Waals surface area contributed by atoms with E-state index in [1.54, 1.807) is 18.3 Å². The SMILES string of the molecule is Cl.Cl.Cl.Nc1cccnc1N. The molecule has 4 N–H and O–H groups in total. The Kier molecular flexibility index (Phi) is 11.9. The Bertz CT molecular complexity index is 173. The zero-order valence-corrected chi connectivity index (χ0v) is 8.01. The second-order valence-electron chi connectivity index (χ2n) is 1.48. The van der Waals surface area contributed by atoms with Crippen LogP contribution < -0.4 is 11.5 Å². The predicted octanol–water partition coefficient (Wildman–Crippen LogP) is 1.51. The van der Waals surface area contributed by atoms with Crippen molar-refractivity contribution < 1.29 is 0 Å². The lowest BCUT2D eigenvalue weighted by molar-refractivity contribution is 1.34. The third-order valence-corrected chi connectivity index (χ3v) is 0.871. The third kappa shape index (κ3) is 4.95. The molecule has 1 heterocycles. The van der Waals surface area contributed by atoms with Crippen molar-refractivity contribution in [2.24, 2.45) is 0 Å². The number of aromatic nitrogens is 1. The van der Waals surface area contributed by atoms with Gasteiger partial charge in [0.15, 0.2) is 0 Å². The summed E-state index contributed by atoms with van der Waals surface area (Å²) in [4.78, 5) is 3.73. The van der Waals surface area contributed by atoms with Crippen LogP contribution in [0.3, 0.4) is 0 Å². The van der Waals surface area contributed by atoms with Crippen LogP contribution in [0.2, 0.25) is 0 Å². The molecule has 1 aromatic heterocycles. The Hall–Kier alpha value is -0.380. The summed E-state index contributed by atoms with van der Waals surface area (Å²) in [5.41, 5.74) is 11.2. The van der Waals surface area contributed by atoms with Crippen LogP contribution in [0.4, 0.5) is 11.5 Å². The number of nitrogen functional groups attached to an aromatic ring is 2. The van der Waals surface area contributed by atoms with Gasteiger partial charge in [-0.1, -0.05) is 0 Å². The van der Waals surface area contributed by atoms with E-state index >= 15 is 0 Å². The van der Waals surface area contributed by atoms with Crippen molar-refractivity contribution in [2.45, 2.75) is 0 Å². The first kappa shape index (κ1) is 16.9. The fourth-order valence-electron chi connectivity index (χ4n) is 0.430. The highest BCUT2D eigenvalue weighted by Gasteiger charge is 1.87. The van der Waals surface area contributed by atoms with Crippen LogP contribution in [-0.2, 0) is 0 Å². The second-order valence-corrected chi connectivity index (χ2v) is 1.48. The molecule has 0 spiro atoms. The molecule has 0 aliphatic rings. The summed E-state index contributed by atoms with van der Waals surface area (Å²) < 4.78 is 0.